The molecule has 2 aliphatic rings. The van der Waals surface area contributed by atoms with E-state index in [0.717, 1.165) is 11.5 Å². The summed E-state index contributed by atoms with van der Waals surface area (Å²) >= 11 is 0. The molecule has 0 amide bonds. The molecular formula is C20H39NO2SiTi. The third kappa shape index (κ3) is 6.89. The zero-order valence-corrected chi connectivity index (χ0v) is 20.6. The van der Waals surface area contributed by atoms with Crippen LogP contribution in [0.3, 0.4) is 0 Å². The third-order valence-electron chi connectivity index (χ3n) is 4.69. The Morgan fingerprint density at radius 2 is 1.44 bits per heavy atom. The van der Waals surface area contributed by atoms with Gasteiger partial charge in [-0.2, -0.15) is 0 Å². The largest absolute Gasteiger partial charge is 4.00 e. The minimum Gasteiger partial charge on any atom is -0.660 e. The monoisotopic (exact) mass is 401 g/mol. The number of allylic oxidation sites excluding steroid dienone is 2. The molecular weight excluding hydrogens is 362 g/mol. The Bertz CT molecular complexity index is 455. The molecule has 1 saturated carbocycles. The molecule has 0 aromatic carbocycles. The van der Waals surface area contributed by atoms with Crippen LogP contribution in [0.4, 0.5) is 0 Å². The summed E-state index contributed by atoms with van der Waals surface area (Å²) in [6, 6.07) is 0. The van der Waals surface area contributed by atoms with Crippen molar-refractivity contribution >= 4 is 8.24 Å². The Kier molecular flexibility index (Phi) is 13.0. The van der Waals surface area contributed by atoms with Crippen LogP contribution in [0, 0.1) is 34.1 Å². The summed E-state index contributed by atoms with van der Waals surface area (Å²) in [6.45, 7) is 11.5. The molecule has 0 aromatic rings. The van der Waals surface area contributed by atoms with E-state index in [4.69, 9.17) is 14.5 Å². The Morgan fingerprint density at radius 1 is 0.960 bits per heavy atom. The Labute approximate surface area is 174 Å². The average molecular weight is 401 g/mol. The molecule has 0 heterocycles. The molecule has 25 heavy (non-hydrogen) atoms. The first kappa shape index (κ1) is 29.7. The van der Waals surface area contributed by atoms with Gasteiger partial charge < -0.3 is 36.7 Å². The Balaban J connectivity index is -0.00000121. The van der Waals surface area contributed by atoms with Crippen LogP contribution in [0.5, 0.6) is 0 Å². The van der Waals surface area contributed by atoms with Gasteiger partial charge >= 0.3 is 21.7 Å². The molecule has 5 heteroatoms. The zero-order valence-electron chi connectivity index (χ0n) is 18.1. The van der Waals surface area contributed by atoms with Gasteiger partial charge in [0.1, 0.15) is 0 Å². The molecule has 1 fully saturated rings. The summed E-state index contributed by atoms with van der Waals surface area (Å²) in [5.74, 6) is 2.94. The first-order chi connectivity index (χ1) is 9.68. The van der Waals surface area contributed by atoms with E-state index in [1.165, 1.54) is 12.8 Å². The molecule has 0 radical (unpaired) electrons. The summed E-state index contributed by atoms with van der Waals surface area (Å²) in [5, 5.41) is 0. The number of hydrogen-bond acceptors (Lipinski definition) is 2. The standard InChI is InChI=1S/C17H30NO2Si.3CH3.Ti/c1-17(2,3)18-21(6,7)16-9-8-12-10-14(19-4)15(20-5)11-13(12)16;;;;/h10-13,16H,8-9H2,1-7H3;3*1H3;/q4*-1;+4. The van der Waals surface area contributed by atoms with Crippen LogP contribution in [-0.4, -0.2) is 28.0 Å². The van der Waals surface area contributed by atoms with Crippen molar-refractivity contribution in [1.82, 2.24) is 0 Å². The van der Waals surface area contributed by atoms with Gasteiger partial charge in [0.15, 0.2) is 11.5 Å². The van der Waals surface area contributed by atoms with Crippen LogP contribution in [0.2, 0.25) is 18.6 Å². The number of ether oxygens (including phenoxy) is 2. The summed E-state index contributed by atoms with van der Waals surface area (Å²) < 4.78 is 11.0. The van der Waals surface area contributed by atoms with E-state index < -0.39 is 8.24 Å². The van der Waals surface area contributed by atoms with Crippen molar-refractivity contribution in [2.24, 2.45) is 11.8 Å². The molecule has 0 bridgehead atoms. The average Bonchev–Trinajstić information content (AvgIpc) is 2.77. The van der Waals surface area contributed by atoms with Crippen molar-refractivity contribution in [2.75, 3.05) is 14.2 Å². The molecule has 3 unspecified atom stereocenters. The fourth-order valence-electron chi connectivity index (χ4n) is 4.13. The van der Waals surface area contributed by atoms with E-state index in [9.17, 15) is 0 Å². The van der Waals surface area contributed by atoms with Crippen molar-refractivity contribution in [1.29, 1.82) is 0 Å². The third-order valence-corrected chi connectivity index (χ3v) is 8.43. The van der Waals surface area contributed by atoms with Gasteiger partial charge in [0, 0.05) is 0 Å². The minimum absolute atomic E-state index is 0. The van der Waals surface area contributed by atoms with Crippen molar-refractivity contribution in [2.45, 2.75) is 57.8 Å². The first-order valence-electron chi connectivity index (χ1n) is 7.94. The van der Waals surface area contributed by atoms with Gasteiger partial charge in [-0.3, -0.25) is 0 Å². The summed E-state index contributed by atoms with van der Waals surface area (Å²) in [6.07, 6.45) is 7.08. The molecule has 2 rings (SSSR count). The van der Waals surface area contributed by atoms with Crippen LogP contribution < -0.4 is 0 Å². The topological polar surface area (TPSA) is 32.6 Å². The quantitative estimate of drug-likeness (QED) is 0.416. The molecule has 3 nitrogen and oxygen atoms in total. The smallest absolute Gasteiger partial charge is 0.660 e. The number of hydrogen-bond donors (Lipinski definition) is 0. The van der Waals surface area contributed by atoms with Gasteiger partial charge in [-0.15, -0.1) is 5.54 Å². The van der Waals surface area contributed by atoms with Gasteiger partial charge in [-0.25, -0.2) is 0 Å². The van der Waals surface area contributed by atoms with Gasteiger partial charge in [-0.05, 0) is 30.4 Å². The molecule has 0 aromatic heterocycles. The second kappa shape index (κ2) is 11.0. The van der Waals surface area contributed by atoms with Gasteiger partial charge in [0.25, 0.3) is 0 Å². The van der Waals surface area contributed by atoms with Crippen molar-refractivity contribution < 1.29 is 31.2 Å². The second-order valence-corrected chi connectivity index (χ2v) is 12.1. The van der Waals surface area contributed by atoms with Crippen LogP contribution in [0.15, 0.2) is 23.7 Å². The Morgan fingerprint density at radius 3 is 1.88 bits per heavy atom. The molecule has 2 aliphatic carbocycles. The molecule has 0 N–H and O–H groups in total. The maximum absolute atomic E-state index is 5.52. The van der Waals surface area contributed by atoms with E-state index in [-0.39, 0.29) is 49.5 Å². The molecule has 3 atom stereocenters. The predicted molar refractivity (Wildman–Crippen MR) is 110 cm³/mol. The van der Waals surface area contributed by atoms with Crippen LogP contribution in [-0.2, 0) is 31.2 Å². The fraction of sp³-hybridized carbons (Fsp3) is 0.650. The molecule has 0 spiro atoms. The van der Waals surface area contributed by atoms with E-state index in [1.807, 2.05) is 0 Å². The van der Waals surface area contributed by atoms with E-state index in [0.29, 0.717) is 17.4 Å². The number of fused-ring (bicyclic) bond motifs is 1. The number of rotatable bonds is 4. The SMILES string of the molecule is COC1=CC2CCC([Si](C)(C)[N-]C(C)(C)C)C2C=C1OC.[CH3-].[CH3-].[CH3-].[Ti+4]. The van der Waals surface area contributed by atoms with Gasteiger partial charge in [-0.1, -0.05) is 54.1 Å². The predicted octanol–water partition coefficient (Wildman–Crippen LogP) is 6.18. The fourth-order valence-corrected chi connectivity index (χ4v) is 8.19. The van der Waals surface area contributed by atoms with Crippen LogP contribution in [0.25, 0.3) is 4.98 Å². The number of methoxy groups -OCH3 is 2. The van der Waals surface area contributed by atoms with Crippen LogP contribution in [0.1, 0.15) is 33.6 Å². The van der Waals surface area contributed by atoms with Crippen molar-refractivity contribution in [3.05, 3.63) is 50.9 Å². The molecule has 144 valence electrons. The zero-order chi connectivity index (χ0) is 15.8. The summed E-state index contributed by atoms with van der Waals surface area (Å²) in [7, 11) is 1.81. The van der Waals surface area contributed by atoms with E-state index in [2.05, 4.69) is 46.0 Å². The normalized spacial score (nSPS) is 24.8. The van der Waals surface area contributed by atoms with E-state index >= 15 is 0 Å². The van der Waals surface area contributed by atoms with Crippen LogP contribution >= 0.6 is 0 Å². The molecule has 0 aliphatic heterocycles. The molecule has 0 saturated heterocycles. The second-order valence-electron chi connectivity index (χ2n) is 7.83. The van der Waals surface area contributed by atoms with Gasteiger partial charge in [0.2, 0.25) is 0 Å². The first-order valence-corrected chi connectivity index (χ1v) is 11.0. The Hall–Kier alpha value is -0.0288. The summed E-state index contributed by atoms with van der Waals surface area (Å²) in [4.78, 5) is 5.22. The van der Waals surface area contributed by atoms with Crippen molar-refractivity contribution in [3.63, 3.8) is 0 Å². The number of nitrogens with zero attached hydrogens (tertiary/aromatic N) is 1. The maximum atomic E-state index is 5.52. The minimum atomic E-state index is -1.63. The summed E-state index contributed by atoms with van der Waals surface area (Å²) in [5.41, 5.74) is 0.755. The van der Waals surface area contributed by atoms with Gasteiger partial charge in [0.05, 0.1) is 14.2 Å². The van der Waals surface area contributed by atoms with E-state index in [1.54, 1.807) is 14.2 Å². The van der Waals surface area contributed by atoms with Crippen molar-refractivity contribution in [3.8, 4) is 0 Å². The maximum Gasteiger partial charge on any atom is 4.00 e.